The first-order valence-corrected chi connectivity index (χ1v) is 18.8. The number of carbonyl (C=O) groups is 5. The van der Waals surface area contributed by atoms with Crippen LogP contribution >= 0.6 is 0 Å². The molecular formula is C44H44FN5O6. The molecule has 2 aliphatic rings. The summed E-state index contributed by atoms with van der Waals surface area (Å²) in [6.07, 6.45) is 0.321. The van der Waals surface area contributed by atoms with Gasteiger partial charge < -0.3 is 30.1 Å². The highest BCUT2D eigenvalue weighted by Gasteiger charge is 2.38. The van der Waals surface area contributed by atoms with Crippen LogP contribution in [0.25, 0.3) is 21.5 Å². The maximum Gasteiger partial charge on any atom is 0.258 e. The molecule has 0 aromatic heterocycles. The first kappa shape index (κ1) is 38.0. The van der Waals surface area contributed by atoms with E-state index >= 15 is 0 Å². The van der Waals surface area contributed by atoms with Crippen LogP contribution in [0, 0.1) is 5.82 Å². The molecule has 288 valence electrons. The first-order valence-electron chi connectivity index (χ1n) is 18.8. The van der Waals surface area contributed by atoms with E-state index < -0.39 is 35.8 Å². The summed E-state index contributed by atoms with van der Waals surface area (Å²) in [6.45, 7) is 0.0688. The molecule has 11 nitrogen and oxygen atoms in total. The molecule has 0 unspecified atom stereocenters. The summed E-state index contributed by atoms with van der Waals surface area (Å²) in [6, 6.07) is 28.9. The van der Waals surface area contributed by atoms with E-state index in [1.807, 2.05) is 84.9 Å². The topological polar surface area (TPSA) is 128 Å². The molecule has 0 saturated carbocycles. The fourth-order valence-electron chi connectivity index (χ4n) is 7.69. The highest BCUT2D eigenvalue weighted by Crippen LogP contribution is 2.27. The SMILES string of the molecule is CN1CC(=O)N2C[C@@H](NC(=O)Cc3ccc4ccccc4c3)C[C@H]2COc2ccc(F)cc2C(=O)N(C)[C@@H](C(=O)NCc2cccc3ccccc23)CCC1=O. The van der Waals surface area contributed by atoms with Crippen molar-refractivity contribution < 1.29 is 33.1 Å². The van der Waals surface area contributed by atoms with Gasteiger partial charge in [-0.25, -0.2) is 4.39 Å². The number of hydrogen-bond donors (Lipinski definition) is 2. The van der Waals surface area contributed by atoms with Crippen molar-refractivity contribution in [2.24, 2.45) is 0 Å². The number of likely N-dealkylation sites (N-methyl/N-ethyl adjacent to an activating group) is 2. The molecule has 1 saturated heterocycles. The fourth-order valence-corrected chi connectivity index (χ4v) is 7.69. The predicted molar refractivity (Wildman–Crippen MR) is 210 cm³/mol. The minimum Gasteiger partial charge on any atom is -0.491 e. The van der Waals surface area contributed by atoms with Gasteiger partial charge >= 0.3 is 0 Å². The molecule has 5 amide bonds. The highest BCUT2D eigenvalue weighted by molar-refractivity contribution is 6.00. The van der Waals surface area contributed by atoms with Gasteiger partial charge in [-0.3, -0.25) is 24.0 Å². The summed E-state index contributed by atoms with van der Waals surface area (Å²) in [5.74, 6) is -2.67. The van der Waals surface area contributed by atoms with Crippen molar-refractivity contribution >= 4 is 51.1 Å². The van der Waals surface area contributed by atoms with Gasteiger partial charge in [0, 0.05) is 39.6 Å². The van der Waals surface area contributed by atoms with E-state index in [-0.39, 0.29) is 74.5 Å². The largest absolute Gasteiger partial charge is 0.491 e. The van der Waals surface area contributed by atoms with Crippen molar-refractivity contribution in [1.29, 1.82) is 0 Å². The van der Waals surface area contributed by atoms with E-state index in [0.29, 0.717) is 6.42 Å². The summed E-state index contributed by atoms with van der Waals surface area (Å²) >= 11 is 0. The third-order valence-corrected chi connectivity index (χ3v) is 10.7. The normalized spacial score (nSPS) is 19.5. The summed E-state index contributed by atoms with van der Waals surface area (Å²) in [4.78, 5) is 72.6. The number of hydrogen-bond acceptors (Lipinski definition) is 6. The van der Waals surface area contributed by atoms with Crippen LogP contribution in [0.4, 0.5) is 4.39 Å². The van der Waals surface area contributed by atoms with Gasteiger partial charge in [-0.1, -0.05) is 84.9 Å². The average molecular weight is 758 g/mol. The maximum absolute atomic E-state index is 14.7. The number of nitrogens with zero attached hydrogens (tertiary/aromatic N) is 3. The van der Waals surface area contributed by atoms with Crippen molar-refractivity contribution in [3.8, 4) is 5.75 Å². The van der Waals surface area contributed by atoms with E-state index in [9.17, 15) is 28.4 Å². The van der Waals surface area contributed by atoms with Gasteiger partial charge in [-0.2, -0.15) is 0 Å². The maximum atomic E-state index is 14.7. The third kappa shape index (κ3) is 8.49. The second-order valence-electron chi connectivity index (χ2n) is 14.6. The number of rotatable bonds is 6. The number of halogens is 1. The molecule has 12 heteroatoms. The molecule has 56 heavy (non-hydrogen) atoms. The molecule has 5 aromatic rings. The van der Waals surface area contributed by atoms with Crippen molar-refractivity contribution in [1.82, 2.24) is 25.3 Å². The zero-order chi connectivity index (χ0) is 39.3. The lowest BCUT2D eigenvalue weighted by Crippen LogP contribution is -2.48. The van der Waals surface area contributed by atoms with Gasteiger partial charge in [0.2, 0.25) is 23.6 Å². The van der Waals surface area contributed by atoms with Crippen LogP contribution in [-0.2, 0) is 32.1 Å². The average Bonchev–Trinajstić information content (AvgIpc) is 3.60. The lowest BCUT2D eigenvalue weighted by Gasteiger charge is -2.28. The molecule has 0 spiro atoms. The molecule has 0 aliphatic carbocycles. The number of fused-ring (bicyclic) bond motifs is 4. The summed E-state index contributed by atoms with van der Waals surface area (Å²) < 4.78 is 20.9. The second kappa shape index (κ2) is 16.6. The minimum atomic E-state index is -1.10. The van der Waals surface area contributed by atoms with Crippen molar-refractivity contribution in [3.63, 3.8) is 0 Å². The lowest BCUT2D eigenvalue weighted by atomic mass is 10.0. The van der Waals surface area contributed by atoms with Crippen molar-refractivity contribution in [3.05, 3.63) is 126 Å². The van der Waals surface area contributed by atoms with E-state index in [1.54, 1.807) is 4.90 Å². The molecule has 0 radical (unpaired) electrons. The van der Waals surface area contributed by atoms with E-state index in [0.717, 1.165) is 38.7 Å². The fraction of sp³-hybridized carbons (Fsp3) is 0.295. The number of amides is 5. The molecule has 1 fully saturated rings. The molecule has 2 heterocycles. The van der Waals surface area contributed by atoms with E-state index in [4.69, 9.17) is 4.74 Å². The Kier molecular flexibility index (Phi) is 11.3. The van der Waals surface area contributed by atoms with Crippen LogP contribution in [0.5, 0.6) is 5.75 Å². The van der Waals surface area contributed by atoms with E-state index in [1.165, 1.54) is 36.0 Å². The van der Waals surface area contributed by atoms with Crippen LogP contribution in [0.3, 0.4) is 0 Å². The van der Waals surface area contributed by atoms with Gasteiger partial charge in [0.05, 0.1) is 24.6 Å². The van der Waals surface area contributed by atoms with Gasteiger partial charge in [0.25, 0.3) is 5.91 Å². The molecular weight excluding hydrogens is 714 g/mol. The zero-order valence-electron chi connectivity index (χ0n) is 31.4. The van der Waals surface area contributed by atoms with Crippen LogP contribution in [0.2, 0.25) is 0 Å². The van der Waals surface area contributed by atoms with Gasteiger partial charge in [0.1, 0.15) is 24.2 Å². The third-order valence-electron chi connectivity index (χ3n) is 10.7. The molecule has 2 N–H and O–H groups in total. The number of carbonyl (C=O) groups excluding carboxylic acids is 5. The van der Waals surface area contributed by atoms with Crippen LogP contribution < -0.4 is 15.4 Å². The monoisotopic (exact) mass is 757 g/mol. The van der Waals surface area contributed by atoms with Crippen molar-refractivity contribution in [2.45, 2.75) is 50.4 Å². The number of nitrogens with one attached hydrogen (secondary N) is 2. The molecule has 5 aromatic carbocycles. The van der Waals surface area contributed by atoms with Crippen molar-refractivity contribution in [2.75, 3.05) is 33.8 Å². The molecule has 7 rings (SSSR count). The Bertz CT molecular complexity index is 2310. The minimum absolute atomic E-state index is 0.0515. The Balaban J connectivity index is 1.09. The number of ether oxygens (including phenoxy) is 1. The zero-order valence-corrected chi connectivity index (χ0v) is 31.4. The van der Waals surface area contributed by atoms with Crippen LogP contribution in [0.1, 0.15) is 40.7 Å². The Morgan fingerprint density at radius 1 is 0.839 bits per heavy atom. The first-order chi connectivity index (χ1) is 27.0. The van der Waals surface area contributed by atoms with Gasteiger partial charge in [-0.05, 0) is 63.7 Å². The quantitative estimate of drug-likeness (QED) is 0.255. The Hall–Kier alpha value is -6.30. The molecule has 3 atom stereocenters. The summed E-state index contributed by atoms with van der Waals surface area (Å²) in [5.41, 5.74) is 1.63. The standard InChI is InChI=1S/C44H44FN5O6/c1-48-26-42(53)50-25-34(47-40(51)21-28-14-15-29-8-3-4-10-31(29)20-28)23-35(50)27-56-39-18-16-33(45)22-37(39)44(55)49(2)38(17-19-41(48)52)43(54)46-24-32-12-7-11-30-9-5-6-13-36(30)32/h3-16,18,20,22,34-35,38H,17,19,21,23-27H2,1-2H3,(H,46,54)(H,47,51)/t34-,35-,38+/m0/s1. The number of benzene rings is 5. The smallest absolute Gasteiger partial charge is 0.258 e. The van der Waals surface area contributed by atoms with E-state index in [2.05, 4.69) is 10.6 Å². The highest BCUT2D eigenvalue weighted by atomic mass is 19.1. The van der Waals surface area contributed by atoms with Crippen LogP contribution in [-0.4, -0.2) is 96.2 Å². The van der Waals surface area contributed by atoms with Crippen LogP contribution in [0.15, 0.2) is 103 Å². The van der Waals surface area contributed by atoms with Gasteiger partial charge in [0.15, 0.2) is 0 Å². The lowest BCUT2D eigenvalue weighted by molar-refractivity contribution is -0.140. The molecule has 0 bridgehead atoms. The summed E-state index contributed by atoms with van der Waals surface area (Å²) in [5, 5.41) is 10.1. The Labute approximate surface area is 324 Å². The Morgan fingerprint density at radius 2 is 1.59 bits per heavy atom. The summed E-state index contributed by atoms with van der Waals surface area (Å²) in [7, 11) is 2.96. The predicted octanol–water partition coefficient (Wildman–Crippen LogP) is 4.85. The Morgan fingerprint density at radius 3 is 2.41 bits per heavy atom. The molecule has 2 aliphatic heterocycles. The second-order valence-corrected chi connectivity index (χ2v) is 14.6. The van der Waals surface area contributed by atoms with Gasteiger partial charge in [-0.15, -0.1) is 0 Å².